The van der Waals surface area contributed by atoms with Gasteiger partial charge in [0.2, 0.25) is 0 Å². The maximum Gasteiger partial charge on any atom is 0.121 e. The molecule has 3 nitrogen and oxygen atoms in total. The van der Waals surface area contributed by atoms with Gasteiger partial charge >= 0.3 is 0 Å². The molecule has 0 aliphatic rings. The molecule has 6 heteroatoms. The summed E-state index contributed by atoms with van der Waals surface area (Å²) in [7, 11) is -1.32. The molecular weight excluding hydrogens is 837 g/mol. The van der Waals surface area contributed by atoms with Crippen LogP contribution in [0.5, 0.6) is 0 Å². The molecule has 0 amide bonds. The van der Waals surface area contributed by atoms with E-state index >= 15 is 0 Å². The molecule has 0 aliphatic heterocycles. The van der Waals surface area contributed by atoms with E-state index in [1.54, 1.807) is 6.20 Å². The summed E-state index contributed by atoms with van der Waals surface area (Å²) >= 11 is 1.84. The van der Waals surface area contributed by atoms with E-state index < -0.39 is 8.07 Å². The number of aryl methyl sites for hydroxylation is 1. The molecule has 0 spiro atoms. The Balaban J connectivity index is 0.000000157. The smallest absolute Gasteiger partial charge is 0.121 e. The second-order valence-corrected chi connectivity index (χ2v) is 19.9. The number of hydrogen-bond donors (Lipinski definition) is 0. The first-order valence-electron chi connectivity index (χ1n) is 16.9. The predicted octanol–water partition coefficient (Wildman–Crippen LogP) is 11.8. The van der Waals surface area contributed by atoms with Crippen LogP contribution < -0.4 is 5.19 Å². The SMILES string of the molecule is Cc1c[c-]c(-c2ccc([Si](C)(C)C)cn2)c2sc3ccccc3c12.[Ir].[c-]1ccc2c(oc3cc(Cc4ccccc4)ccc32)c1-c1ccccn1. The first-order chi connectivity index (χ1) is 24.3. The normalized spacial score (nSPS) is 11.5. The molecule has 1 radical (unpaired) electrons. The van der Waals surface area contributed by atoms with Gasteiger partial charge in [0.25, 0.3) is 0 Å². The Morgan fingerprint density at radius 1 is 0.706 bits per heavy atom. The minimum Gasteiger partial charge on any atom is -0.501 e. The molecule has 5 aromatic carbocycles. The molecule has 51 heavy (non-hydrogen) atoms. The number of hydrogen-bond acceptors (Lipinski definition) is 4. The molecule has 0 fully saturated rings. The van der Waals surface area contributed by atoms with Crippen molar-refractivity contribution in [2.45, 2.75) is 33.0 Å². The quantitative estimate of drug-likeness (QED) is 0.128. The Hall–Kier alpha value is -4.71. The third-order valence-electron chi connectivity index (χ3n) is 9.21. The second kappa shape index (κ2) is 14.5. The van der Waals surface area contributed by atoms with Crippen molar-refractivity contribution in [1.82, 2.24) is 9.97 Å². The standard InChI is InChI=1S/C24H16NO.C21H20NSSi.Ir/c1-2-7-17(8-3-1)15-18-12-13-19-20-9-6-10-21(22-11-4-5-14-25-22)24(20)26-23(19)16-18;1-14-9-11-16(18-12-10-15(13-22-18)24(2,3)4)21-20(14)17-7-5-6-8-19(17)23-21;/h1-9,11-14,16H,15H2;5-10,12-13H,1-4H3;/q2*-1;. The van der Waals surface area contributed by atoms with E-state index in [1.165, 1.54) is 42.0 Å². The zero-order valence-electron chi connectivity index (χ0n) is 29.0. The fourth-order valence-corrected chi connectivity index (χ4v) is 8.86. The average Bonchev–Trinajstić information content (AvgIpc) is 3.72. The number of furan rings is 1. The topological polar surface area (TPSA) is 38.9 Å². The van der Waals surface area contributed by atoms with Gasteiger partial charge in [-0.2, -0.15) is 11.3 Å². The van der Waals surface area contributed by atoms with Gasteiger partial charge in [0.1, 0.15) is 5.58 Å². The van der Waals surface area contributed by atoms with Gasteiger partial charge < -0.3 is 14.4 Å². The van der Waals surface area contributed by atoms with Gasteiger partial charge in [-0.25, -0.2) is 0 Å². The van der Waals surface area contributed by atoms with Gasteiger partial charge in [-0.05, 0) is 62.4 Å². The number of aromatic nitrogens is 2. The van der Waals surface area contributed by atoms with E-state index in [0.717, 1.165) is 50.9 Å². The van der Waals surface area contributed by atoms with E-state index in [4.69, 9.17) is 9.40 Å². The minimum absolute atomic E-state index is 0. The van der Waals surface area contributed by atoms with Crippen LogP contribution in [0, 0.1) is 19.1 Å². The first kappa shape index (κ1) is 34.7. The Morgan fingerprint density at radius 3 is 2.25 bits per heavy atom. The summed E-state index contributed by atoms with van der Waals surface area (Å²) in [5, 5.41) is 6.31. The van der Waals surface area contributed by atoms with Gasteiger partial charge in [0.05, 0.1) is 13.7 Å². The molecule has 0 N–H and O–H groups in total. The summed E-state index contributed by atoms with van der Waals surface area (Å²) in [6.45, 7) is 9.23. The molecular formula is C45H36IrN2OSSi-2. The van der Waals surface area contributed by atoms with Crippen molar-refractivity contribution >= 4 is 66.7 Å². The van der Waals surface area contributed by atoms with Crippen molar-refractivity contribution in [2.75, 3.05) is 0 Å². The molecule has 0 atom stereocenters. The Kier molecular flexibility index (Phi) is 9.87. The summed E-state index contributed by atoms with van der Waals surface area (Å²) in [5.41, 5.74) is 9.50. The van der Waals surface area contributed by atoms with Crippen LogP contribution in [0.2, 0.25) is 19.6 Å². The number of fused-ring (bicyclic) bond motifs is 6. The van der Waals surface area contributed by atoms with Gasteiger partial charge in [-0.3, -0.25) is 0 Å². The van der Waals surface area contributed by atoms with E-state index in [0.29, 0.717) is 0 Å². The van der Waals surface area contributed by atoms with Crippen molar-refractivity contribution < 1.29 is 24.5 Å². The summed E-state index contributed by atoms with van der Waals surface area (Å²) in [6, 6.07) is 48.8. The van der Waals surface area contributed by atoms with E-state index in [2.05, 4.69) is 141 Å². The summed E-state index contributed by atoms with van der Waals surface area (Å²) in [4.78, 5) is 9.23. The largest absolute Gasteiger partial charge is 0.501 e. The average molecular weight is 873 g/mol. The van der Waals surface area contributed by atoms with Crippen LogP contribution in [-0.4, -0.2) is 18.0 Å². The molecule has 4 aromatic heterocycles. The van der Waals surface area contributed by atoms with E-state index in [1.807, 2.05) is 41.7 Å². The van der Waals surface area contributed by atoms with Crippen LogP contribution in [-0.2, 0) is 26.5 Å². The van der Waals surface area contributed by atoms with Gasteiger partial charge in [-0.1, -0.05) is 128 Å². The summed E-state index contributed by atoms with van der Waals surface area (Å²) < 4.78 is 8.87. The van der Waals surface area contributed by atoms with Gasteiger partial charge in [0.15, 0.2) is 0 Å². The maximum atomic E-state index is 6.25. The zero-order valence-corrected chi connectivity index (χ0v) is 33.2. The van der Waals surface area contributed by atoms with Crippen LogP contribution >= 0.6 is 11.3 Å². The van der Waals surface area contributed by atoms with Crippen molar-refractivity contribution in [3.63, 3.8) is 0 Å². The maximum absolute atomic E-state index is 6.25. The predicted molar refractivity (Wildman–Crippen MR) is 214 cm³/mol. The monoisotopic (exact) mass is 873 g/mol. The van der Waals surface area contributed by atoms with Crippen LogP contribution in [0.3, 0.4) is 0 Å². The van der Waals surface area contributed by atoms with Gasteiger partial charge in [-0.15, -0.1) is 41.5 Å². The van der Waals surface area contributed by atoms with Gasteiger partial charge in [0, 0.05) is 42.6 Å². The molecule has 4 heterocycles. The number of thiophene rings is 1. The fraction of sp³-hybridized carbons (Fsp3) is 0.111. The third-order valence-corrected chi connectivity index (χ3v) is 12.4. The molecule has 0 bridgehead atoms. The summed E-state index contributed by atoms with van der Waals surface area (Å²) in [6.07, 6.45) is 4.75. The molecule has 0 unspecified atom stereocenters. The van der Waals surface area contributed by atoms with Crippen molar-refractivity contribution in [3.05, 3.63) is 163 Å². The first-order valence-corrected chi connectivity index (χ1v) is 21.3. The van der Waals surface area contributed by atoms with E-state index in [-0.39, 0.29) is 20.1 Å². The van der Waals surface area contributed by atoms with Crippen LogP contribution in [0.1, 0.15) is 16.7 Å². The van der Waals surface area contributed by atoms with Crippen molar-refractivity contribution in [1.29, 1.82) is 0 Å². The molecule has 0 saturated carbocycles. The summed E-state index contributed by atoms with van der Waals surface area (Å²) in [5.74, 6) is 0. The Morgan fingerprint density at radius 2 is 1.49 bits per heavy atom. The minimum atomic E-state index is -1.32. The number of nitrogens with zero attached hydrogens (tertiary/aromatic N) is 2. The van der Waals surface area contributed by atoms with Crippen LogP contribution in [0.25, 0.3) is 64.6 Å². The molecule has 0 saturated heterocycles. The molecule has 9 rings (SSSR count). The third kappa shape index (κ3) is 6.98. The second-order valence-electron chi connectivity index (χ2n) is 13.7. The molecule has 9 aromatic rings. The molecule has 0 aliphatic carbocycles. The Labute approximate surface area is 317 Å². The van der Waals surface area contributed by atoms with Crippen molar-refractivity contribution in [2.24, 2.45) is 0 Å². The van der Waals surface area contributed by atoms with E-state index in [9.17, 15) is 0 Å². The number of benzene rings is 5. The van der Waals surface area contributed by atoms with Crippen LogP contribution in [0.4, 0.5) is 0 Å². The Bertz CT molecular complexity index is 2610. The zero-order chi connectivity index (χ0) is 34.2. The molecule has 253 valence electrons. The number of rotatable bonds is 5. The fourth-order valence-electron chi connectivity index (χ4n) is 6.54. The number of pyridine rings is 2. The van der Waals surface area contributed by atoms with Crippen LogP contribution in [0.15, 0.2) is 138 Å². The van der Waals surface area contributed by atoms with Crippen molar-refractivity contribution in [3.8, 4) is 22.5 Å².